The Hall–Kier alpha value is -1.66. The standard InChI is InChI=1S/C13H20N2O4/c1-10-4-5-12(15(17)18)13(8-10)19-7-3-6-14-9-11(2)16/h4-5,8,11,14,16H,3,6-7,9H2,1-2H3/p+1/t11-/m1/s1. The summed E-state index contributed by atoms with van der Waals surface area (Å²) in [6.07, 6.45) is 0.455. The average Bonchev–Trinajstić information content (AvgIpc) is 2.33. The molecule has 1 aromatic carbocycles. The Morgan fingerprint density at radius 1 is 1.53 bits per heavy atom. The van der Waals surface area contributed by atoms with E-state index in [1.54, 1.807) is 19.1 Å². The number of ether oxygens (including phenoxy) is 1. The van der Waals surface area contributed by atoms with Crippen molar-refractivity contribution in [2.75, 3.05) is 19.7 Å². The zero-order chi connectivity index (χ0) is 14.3. The van der Waals surface area contributed by atoms with Gasteiger partial charge in [0.1, 0.15) is 6.54 Å². The van der Waals surface area contributed by atoms with Gasteiger partial charge < -0.3 is 15.2 Å². The molecule has 3 N–H and O–H groups in total. The molecule has 0 unspecified atom stereocenters. The summed E-state index contributed by atoms with van der Waals surface area (Å²) in [5.41, 5.74) is 0.930. The van der Waals surface area contributed by atoms with Crippen molar-refractivity contribution in [1.82, 2.24) is 0 Å². The highest BCUT2D eigenvalue weighted by Crippen LogP contribution is 2.27. The number of benzene rings is 1. The number of aliphatic hydroxyl groups is 1. The van der Waals surface area contributed by atoms with Gasteiger partial charge in [-0.05, 0) is 25.5 Å². The van der Waals surface area contributed by atoms with E-state index in [0.29, 0.717) is 18.9 Å². The van der Waals surface area contributed by atoms with Crippen LogP contribution in [0.15, 0.2) is 18.2 Å². The molecular formula is C13H21N2O4+. The van der Waals surface area contributed by atoms with Gasteiger partial charge in [0, 0.05) is 12.5 Å². The fraction of sp³-hybridized carbons (Fsp3) is 0.538. The predicted molar refractivity (Wildman–Crippen MR) is 71.3 cm³/mol. The smallest absolute Gasteiger partial charge is 0.310 e. The molecule has 0 amide bonds. The molecule has 1 aromatic rings. The summed E-state index contributed by atoms with van der Waals surface area (Å²) in [6.45, 7) is 5.52. The Morgan fingerprint density at radius 3 is 2.89 bits per heavy atom. The van der Waals surface area contributed by atoms with Crippen LogP contribution in [-0.4, -0.2) is 35.8 Å². The molecular weight excluding hydrogens is 248 g/mol. The summed E-state index contributed by atoms with van der Waals surface area (Å²) in [6, 6.07) is 4.84. The van der Waals surface area contributed by atoms with Crippen LogP contribution in [0.2, 0.25) is 0 Å². The molecule has 1 rings (SSSR count). The fourth-order valence-electron chi connectivity index (χ4n) is 1.66. The second-order valence-electron chi connectivity index (χ2n) is 4.59. The molecule has 0 heterocycles. The summed E-state index contributed by atoms with van der Waals surface area (Å²) in [4.78, 5) is 10.4. The molecule has 0 radical (unpaired) electrons. The van der Waals surface area contributed by atoms with Gasteiger partial charge in [-0.1, -0.05) is 6.07 Å². The quantitative estimate of drug-likeness (QED) is 0.411. The Balaban J connectivity index is 2.40. The van der Waals surface area contributed by atoms with Crippen molar-refractivity contribution in [2.24, 2.45) is 0 Å². The first-order valence-corrected chi connectivity index (χ1v) is 6.38. The van der Waals surface area contributed by atoms with E-state index in [1.807, 2.05) is 12.2 Å². The summed E-state index contributed by atoms with van der Waals surface area (Å²) < 4.78 is 5.46. The van der Waals surface area contributed by atoms with Gasteiger partial charge in [0.2, 0.25) is 0 Å². The lowest BCUT2D eigenvalue weighted by molar-refractivity contribution is -0.660. The zero-order valence-corrected chi connectivity index (χ0v) is 11.3. The van der Waals surface area contributed by atoms with Gasteiger partial charge >= 0.3 is 5.69 Å². The van der Waals surface area contributed by atoms with Crippen molar-refractivity contribution in [2.45, 2.75) is 26.4 Å². The molecule has 106 valence electrons. The van der Waals surface area contributed by atoms with Crippen LogP contribution in [0, 0.1) is 17.0 Å². The van der Waals surface area contributed by atoms with Crippen LogP contribution in [0.3, 0.4) is 0 Å². The monoisotopic (exact) mass is 269 g/mol. The van der Waals surface area contributed by atoms with Gasteiger partial charge in [-0.2, -0.15) is 0 Å². The molecule has 1 atom stereocenters. The minimum absolute atomic E-state index is 0.00133. The Labute approximate surface area is 112 Å². The number of nitrogens with zero attached hydrogens (tertiary/aromatic N) is 1. The van der Waals surface area contributed by atoms with Crippen LogP contribution in [0.25, 0.3) is 0 Å². The first-order valence-electron chi connectivity index (χ1n) is 6.38. The second-order valence-corrected chi connectivity index (χ2v) is 4.59. The van der Waals surface area contributed by atoms with Gasteiger partial charge in [-0.15, -0.1) is 0 Å². The Bertz CT molecular complexity index is 421. The maximum Gasteiger partial charge on any atom is 0.310 e. The summed E-state index contributed by atoms with van der Waals surface area (Å²) in [5, 5.41) is 21.9. The number of rotatable bonds is 8. The lowest BCUT2D eigenvalue weighted by atomic mass is 10.2. The van der Waals surface area contributed by atoms with E-state index in [-0.39, 0.29) is 11.8 Å². The number of quaternary nitrogens is 1. The second kappa shape index (κ2) is 7.70. The van der Waals surface area contributed by atoms with Gasteiger partial charge in [0.05, 0.1) is 24.2 Å². The van der Waals surface area contributed by atoms with Gasteiger partial charge in [0.25, 0.3) is 0 Å². The highest BCUT2D eigenvalue weighted by atomic mass is 16.6. The molecule has 0 fully saturated rings. The predicted octanol–water partition coefficient (Wildman–Crippen LogP) is 0.616. The highest BCUT2D eigenvalue weighted by molar-refractivity contribution is 5.48. The molecule has 0 saturated heterocycles. The number of aliphatic hydroxyl groups excluding tert-OH is 1. The van der Waals surface area contributed by atoms with Crippen LogP contribution >= 0.6 is 0 Å². The van der Waals surface area contributed by atoms with Crippen LogP contribution in [-0.2, 0) is 0 Å². The minimum Gasteiger partial charge on any atom is -0.487 e. The number of nitro groups is 1. The van der Waals surface area contributed by atoms with Crippen molar-refractivity contribution in [3.05, 3.63) is 33.9 Å². The average molecular weight is 269 g/mol. The number of hydrogen-bond acceptors (Lipinski definition) is 4. The number of hydrogen-bond donors (Lipinski definition) is 2. The topological polar surface area (TPSA) is 89.2 Å². The van der Waals surface area contributed by atoms with Crippen LogP contribution in [0.5, 0.6) is 5.75 Å². The molecule has 6 heteroatoms. The van der Waals surface area contributed by atoms with Crippen molar-refractivity contribution in [1.29, 1.82) is 0 Å². The van der Waals surface area contributed by atoms with E-state index >= 15 is 0 Å². The van der Waals surface area contributed by atoms with E-state index in [2.05, 4.69) is 0 Å². The van der Waals surface area contributed by atoms with E-state index in [0.717, 1.165) is 18.5 Å². The van der Waals surface area contributed by atoms with Crippen molar-refractivity contribution in [3.63, 3.8) is 0 Å². The molecule has 19 heavy (non-hydrogen) atoms. The van der Waals surface area contributed by atoms with Crippen molar-refractivity contribution in [3.8, 4) is 5.75 Å². The molecule has 6 nitrogen and oxygen atoms in total. The molecule has 0 bridgehead atoms. The first-order chi connectivity index (χ1) is 9.00. The van der Waals surface area contributed by atoms with Crippen molar-refractivity contribution < 1.29 is 20.1 Å². The molecule has 0 aliphatic heterocycles. The van der Waals surface area contributed by atoms with Crippen LogP contribution in [0.4, 0.5) is 5.69 Å². The molecule has 0 saturated carbocycles. The maximum atomic E-state index is 10.8. The third-order valence-corrected chi connectivity index (χ3v) is 2.63. The Morgan fingerprint density at radius 2 is 2.26 bits per heavy atom. The SMILES string of the molecule is Cc1ccc([N+](=O)[O-])c(OCCC[NH2+]C[C@@H](C)O)c1. The molecule has 0 aromatic heterocycles. The summed E-state index contributed by atoms with van der Waals surface area (Å²) in [5.74, 6) is 0.320. The normalized spacial score (nSPS) is 12.2. The number of nitrogens with two attached hydrogens (primary N) is 1. The summed E-state index contributed by atoms with van der Waals surface area (Å²) in [7, 11) is 0. The third-order valence-electron chi connectivity index (χ3n) is 2.63. The molecule has 0 aliphatic carbocycles. The highest BCUT2D eigenvalue weighted by Gasteiger charge is 2.14. The zero-order valence-electron chi connectivity index (χ0n) is 11.3. The van der Waals surface area contributed by atoms with E-state index in [1.165, 1.54) is 6.07 Å². The van der Waals surface area contributed by atoms with E-state index in [9.17, 15) is 10.1 Å². The lowest BCUT2D eigenvalue weighted by Gasteiger charge is -2.07. The van der Waals surface area contributed by atoms with Crippen LogP contribution < -0.4 is 10.1 Å². The molecule has 0 spiro atoms. The maximum absolute atomic E-state index is 10.8. The van der Waals surface area contributed by atoms with Gasteiger partial charge in [0.15, 0.2) is 5.75 Å². The van der Waals surface area contributed by atoms with Crippen LogP contribution in [0.1, 0.15) is 18.9 Å². The van der Waals surface area contributed by atoms with Crippen molar-refractivity contribution >= 4 is 5.69 Å². The fourth-order valence-corrected chi connectivity index (χ4v) is 1.66. The number of nitro benzene ring substituents is 1. The third kappa shape index (κ3) is 5.67. The lowest BCUT2D eigenvalue weighted by Crippen LogP contribution is -2.86. The Kier molecular flexibility index (Phi) is 6.24. The van der Waals surface area contributed by atoms with E-state index in [4.69, 9.17) is 9.84 Å². The number of aryl methyl sites for hydroxylation is 1. The van der Waals surface area contributed by atoms with Gasteiger partial charge in [-0.3, -0.25) is 10.1 Å². The first kappa shape index (κ1) is 15.4. The van der Waals surface area contributed by atoms with E-state index < -0.39 is 4.92 Å². The largest absolute Gasteiger partial charge is 0.487 e. The molecule has 0 aliphatic rings. The summed E-state index contributed by atoms with van der Waals surface area (Å²) >= 11 is 0. The van der Waals surface area contributed by atoms with Gasteiger partial charge in [-0.25, -0.2) is 0 Å². The minimum atomic E-state index is -0.436.